The highest BCUT2D eigenvalue weighted by Crippen LogP contribution is 2.38. The number of aromatic hydroxyl groups is 4. The second kappa shape index (κ2) is 26.1. The fourth-order valence-electron chi connectivity index (χ4n) is 8.57. The molecule has 398 valence electrons. The van der Waals surface area contributed by atoms with E-state index >= 15 is 4.39 Å². The zero-order valence-corrected chi connectivity index (χ0v) is 40.9. The number of halogens is 1. The van der Waals surface area contributed by atoms with Gasteiger partial charge in [-0.2, -0.15) is 0 Å². The highest BCUT2D eigenvalue weighted by molar-refractivity contribution is 5.98. The Balaban J connectivity index is 0.858. The van der Waals surface area contributed by atoms with Gasteiger partial charge in [0.25, 0.3) is 11.8 Å². The minimum atomic E-state index is -1.38. The van der Waals surface area contributed by atoms with E-state index in [9.17, 15) is 69.1 Å². The molecule has 1 aromatic heterocycles. The molecule has 2 heterocycles. The molecule has 9 N–H and O–H groups in total. The van der Waals surface area contributed by atoms with E-state index in [0.717, 1.165) is 18.9 Å². The second-order valence-electron chi connectivity index (χ2n) is 18.2. The number of nitrogens with zero attached hydrogens (tertiary/aromatic N) is 5. The number of hydroxylamine groups is 2. The van der Waals surface area contributed by atoms with Crippen molar-refractivity contribution in [3.05, 3.63) is 87.5 Å². The monoisotopic (exact) mass is 1030 g/mol. The van der Waals surface area contributed by atoms with Gasteiger partial charge >= 0.3 is 5.97 Å². The van der Waals surface area contributed by atoms with E-state index in [-0.39, 0.29) is 137 Å². The number of aromatic carboxylic acids is 1. The number of carbonyl (C=O) groups is 7. The third-order valence-electron chi connectivity index (χ3n) is 12.9. The highest BCUT2D eigenvalue weighted by atomic mass is 19.1. The first kappa shape index (κ1) is 55.4. The average Bonchev–Trinajstić information content (AvgIpc) is 4.23. The SMILES string of the molecule is O=C(CCC(=O)N(CCCCNC(=O)c1cccc(O)c1O)CCCNC(=O)c1cccc(O)c1O)NCCCCCN(O)C(=O)CCC(=O)N1CCN(c2cc3c(cc2F)c(=O)c(C(=O)O)cn3C2CC2)CC1. The van der Waals surface area contributed by atoms with E-state index in [1.807, 2.05) is 0 Å². The Morgan fingerprint density at radius 2 is 1.22 bits per heavy atom. The Morgan fingerprint density at radius 3 is 1.84 bits per heavy atom. The molecule has 0 radical (unpaired) electrons. The number of phenolic OH excluding ortho intramolecular Hbond substituents is 4. The molecular formula is C51H63FN8O14. The van der Waals surface area contributed by atoms with Gasteiger partial charge in [-0.25, -0.2) is 14.2 Å². The number of phenols is 4. The number of piperazine rings is 1. The van der Waals surface area contributed by atoms with Crippen molar-refractivity contribution in [2.24, 2.45) is 0 Å². The lowest BCUT2D eigenvalue weighted by molar-refractivity contribution is -0.166. The second-order valence-corrected chi connectivity index (χ2v) is 18.2. The van der Waals surface area contributed by atoms with Crippen molar-refractivity contribution >= 4 is 58.0 Å². The van der Waals surface area contributed by atoms with Crippen molar-refractivity contribution in [3.63, 3.8) is 0 Å². The van der Waals surface area contributed by atoms with Crippen molar-refractivity contribution in [3.8, 4) is 23.0 Å². The molecule has 6 amide bonds. The minimum Gasteiger partial charge on any atom is -0.504 e. The summed E-state index contributed by atoms with van der Waals surface area (Å²) in [7, 11) is 0. The molecule has 0 atom stereocenters. The van der Waals surface area contributed by atoms with Crippen LogP contribution >= 0.6 is 0 Å². The van der Waals surface area contributed by atoms with E-state index in [2.05, 4.69) is 16.0 Å². The number of carboxylic acid groups (broad SMARTS) is 1. The largest absolute Gasteiger partial charge is 0.504 e. The van der Waals surface area contributed by atoms with Crippen LogP contribution in [0.15, 0.2) is 59.5 Å². The van der Waals surface area contributed by atoms with Gasteiger partial charge in [-0.15, -0.1) is 0 Å². The maximum atomic E-state index is 15.4. The van der Waals surface area contributed by atoms with Crippen LogP contribution in [0.5, 0.6) is 23.0 Å². The number of carbonyl (C=O) groups excluding carboxylic acids is 6. The predicted molar refractivity (Wildman–Crippen MR) is 266 cm³/mol. The zero-order chi connectivity index (χ0) is 53.5. The molecular weight excluding hydrogens is 968 g/mol. The zero-order valence-electron chi connectivity index (χ0n) is 40.9. The average molecular weight is 1030 g/mol. The summed E-state index contributed by atoms with van der Waals surface area (Å²) in [4.78, 5) is 106. The molecule has 1 saturated heterocycles. The fourth-order valence-corrected chi connectivity index (χ4v) is 8.57. The first-order chi connectivity index (χ1) is 35.4. The smallest absolute Gasteiger partial charge is 0.341 e. The van der Waals surface area contributed by atoms with Crippen molar-refractivity contribution < 1.29 is 68.7 Å². The summed E-state index contributed by atoms with van der Waals surface area (Å²) >= 11 is 0. The topological polar surface area (TPSA) is 312 Å². The van der Waals surface area contributed by atoms with Crippen LogP contribution in [-0.2, 0) is 19.2 Å². The van der Waals surface area contributed by atoms with Gasteiger partial charge in [0, 0.05) is 109 Å². The van der Waals surface area contributed by atoms with E-state index < -0.39 is 63.5 Å². The maximum Gasteiger partial charge on any atom is 0.341 e. The van der Waals surface area contributed by atoms with Crippen LogP contribution in [0.2, 0.25) is 0 Å². The molecule has 74 heavy (non-hydrogen) atoms. The summed E-state index contributed by atoms with van der Waals surface area (Å²) in [5, 5.41) is 67.9. The van der Waals surface area contributed by atoms with Crippen molar-refractivity contribution in [1.29, 1.82) is 0 Å². The Kier molecular flexibility index (Phi) is 19.6. The number of amides is 6. The van der Waals surface area contributed by atoms with Gasteiger partial charge in [-0.05, 0) is 87.8 Å². The Bertz CT molecular complexity index is 2780. The number of aromatic nitrogens is 1. The number of hydrogen-bond acceptors (Lipinski definition) is 14. The molecule has 23 heteroatoms. The summed E-state index contributed by atoms with van der Waals surface area (Å²) in [5.74, 6) is -6.87. The summed E-state index contributed by atoms with van der Waals surface area (Å²) < 4.78 is 17.1. The van der Waals surface area contributed by atoms with Gasteiger partial charge in [0.2, 0.25) is 29.1 Å². The van der Waals surface area contributed by atoms with E-state index in [0.29, 0.717) is 49.1 Å². The third-order valence-corrected chi connectivity index (χ3v) is 12.9. The first-order valence-corrected chi connectivity index (χ1v) is 24.7. The predicted octanol–water partition coefficient (Wildman–Crippen LogP) is 3.57. The van der Waals surface area contributed by atoms with E-state index in [1.54, 1.807) is 25.3 Å². The standard InChI is InChI=1S/C51H63FN8O14/c52-37-29-35-38(59(32-13-14-32)31-36(46(35)67)51(72)73)30-39(37)56-25-27-58(28-26-56)44(65)17-18-45(66)60(74)24-4-1-2-19-53-42(63)15-16-43(64)57(23-8-21-55-50(71)34-10-7-12-41(62)48(34)69)22-5-3-20-54-49(70)33-9-6-11-40(61)47(33)68/h6-7,9-12,29-32,61-62,68-69,74H,1-5,8,13-28H2,(H,53,63)(H,54,70)(H,55,71)(H,72,73). The highest BCUT2D eigenvalue weighted by Gasteiger charge is 2.30. The van der Waals surface area contributed by atoms with Gasteiger partial charge < -0.3 is 60.7 Å². The van der Waals surface area contributed by atoms with Crippen LogP contribution in [0.25, 0.3) is 10.9 Å². The first-order valence-electron chi connectivity index (χ1n) is 24.7. The summed E-state index contributed by atoms with van der Waals surface area (Å²) in [5.41, 5.74) is -0.704. The number of fused-ring (bicyclic) bond motifs is 1. The molecule has 4 aromatic rings. The van der Waals surface area contributed by atoms with Gasteiger partial charge in [-0.3, -0.25) is 38.8 Å². The molecule has 0 unspecified atom stereocenters. The minimum absolute atomic E-state index is 0.00302. The molecule has 0 bridgehead atoms. The van der Waals surface area contributed by atoms with Crippen LogP contribution in [0.4, 0.5) is 10.1 Å². The number of unbranched alkanes of at least 4 members (excludes halogenated alkanes) is 3. The fraction of sp³-hybridized carbons (Fsp3) is 0.451. The molecule has 6 rings (SSSR count). The van der Waals surface area contributed by atoms with Gasteiger partial charge in [0.15, 0.2) is 23.0 Å². The number of anilines is 1. The molecule has 1 aliphatic carbocycles. The third kappa shape index (κ3) is 14.8. The molecule has 22 nitrogen and oxygen atoms in total. The quantitative estimate of drug-likeness (QED) is 0.0188. The lowest BCUT2D eigenvalue weighted by atomic mass is 10.1. The molecule has 1 aliphatic heterocycles. The Labute approximate surface area is 424 Å². The van der Waals surface area contributed by atoms with Crippen molar-refractivity contribution in [1.82, 2.24) is 35.4 Å². The summed E-state index contributed by atoms with van der Waals surface area (Å²) in [6.45, 7) is 2.12. The van der Waals surface area contributed by atoms with Crippen LogP contribution < -0.4 is 26.3 Å². The number of rotatable bonds is 26. The molecule has 2 fully saturated rings. The van der Waals surface area contributed by atoms with E-state index in [1.165, 1.54) is 42.6 Å². The number of pyridine rings is 1. The molecule has 2 aliphatic rings. The van der Waals surface area contributed by atoms with Crippen LogP contribution in [0.3, 0.4) is 0 Å². The number of para-hydroxylation sites is 2. The van der Waals surface area contributed by atoms with Crippen LogP contribution in [0.1, 0.15) is 114 Å². The van der Waals surface area contributed by atoms with Crippen molar-refractivity contribution in [2.45, 2.75) is 83.1 Å². The van der Waals surface area contributed by atoms with Gasteiger partial charge in [0.1, 0.15) is 11.4 Å². The van der Waals surface area contributed by atoms with Crippen LogP contribution in [0, 0.1) is 5.82 Å². The Hall–Kier alpha value is -7.95. The molecule has 1 saturated carbocycles. The van der Waals surface area contributed by atoms with Gasteiger partial charge in [-0.1, -0.05) is 12.1 Å². The molecule has 0 spiro atoms. The van der Waals surface area contributed by atoms with Gasteiger partial charge in [0.05, 0.1) is 22.3 Å². The van der Waals surface area contributed by atoms with E-state index in [4.69, 9.17) is 0 Å². The van der Waals surface area contributed by atoms with Crippen LogP contribution in [-0.4, -0.2) is 157 Å². The number of benzene rings is 3. The number of carboxylic acids is 1. The summed E-state index contributed by atoms with van der Waals surface area (Å²) in [6.07, 6.45) is 5.01. The molecule has 3 aromatic carbocycles. The normalized spacial score (nSPS) is 13.3. The summed E-state index contributed by atoms with van der Waals surface area (Å²) in [6, 6.07) is 10.7. The Morgan fingerprint density at radius 1 is 0.649 bits per heavy atom. The van der Waals surface area contributed by atoms with Crippen molar-refractivity contribution in [2.75, 3.05) is 70.3 Å². The number of nitrogens with one attached hydrogen (secondary N) is 3. The lowest BCUT2D eigenvalue weighted by Gasteiger charge is -2.36. The number of hydrogen-bond donors (Lipinski definition) is 9. The maximum absolute atomic E-state index is 15.4. The lowest BCUT2D eigenvalue weighted by Crippen LogP contribution is -2.49.